The molecule has 1 N–H and O–H groups in total. The van der Waals surface area contributed by atoms with Crippen LogP contribution in [0.25, 0.3) is 0 Å². The summed E-state index contributed by atoms with van der Waals surface area (Å²) in [6.07, 6.45) is 0. The number of rotatable bonds is 7. The third-order valence-corrected chi connectivity index (χ3v) is 4.88. The van der Waals surface area contributed by atoms with Crippen LogP contribution in [0, 0.1) is 5.82 Å². The van der Waals surface area contributed by atoms with E-state index in [1.165, 1.54) is 12.1 Å². The highest BCUT2D eigenvalue weighted by molar-refractivity contribution is 7.92. The van der Waals surface area contributed by atoms with E-state index in [0.717, 1.165) is 0 Å². The topological polar surface area (TPSA) is 55.4 Å². The summed E-state index contributed by atoms with van der Waals surface area (Å²) in [4.78, 5) is 0. The SMILES string of the molecule is CCOc1ccc(NCCS(=O)(=O)C(C)C)cc1F. The van der Waals surface area contributed by atoms with Gasteiger partial charge in [0.1, 0.15) is 0 Å². The molecule has 0 amide bonds. The second-order valence-electron chi connectivity index (χ2n) is 4.42. The zero-order valence-electron chi connectivity index (χ0n) is 11.4. The van der Waals surface area contributed by atoms with Gasteiger partial charge in [-0.15, -0.1) is 0 Å². The molecule has 0 aliphatic rings. The van der Waals surface area contributed by atoms with Crippen LogP contribution in [0.5, 0.6) is 5.75 Å². The Morgan fingerprint density at radius 3 is 2.58 bits per heavy atom. The summed E-state index contributed by atoms with van der Waals surface area (Å²) in [7, 11) is -3.08. The van der Waals surface area contributed by atoms with Crippen LogP contribution in [0.2, 0.25) is 0 Å². The molecule has 108 valence electrons. The van der Waals surface area contributed by atoms with Crippen molar-refractivity contribution in [2.45, 2.75) is 26.0 Å². The fourth-order valence-corrected chi connectivity index (χ4v) is 2.31. The average Bonchev–Trinajstić information content (AvgIpc) is 2.32. The van der Waals surface area contributed by atoms with Crippen molar-refractivity contribution in [3.05, 3.63) is 24.0 Å². The van der Waals surface area contributed by atoms with Gasteiger partial charge in [-0.3, -0.25) is 0 Å². The van der Waals surface area contributed by atoms with Crippen LogP contribution in [0.3, 0.4) is 0 Å². The molecule has 0 atom stereocenters. The second kappa shape index (κ2) is 6.75. The normalized spacial score (nSPS) is 11.6. The Morgan fingerprint density at radius 1 is 1.37 bits per heavy atom. The molecule has 0 spiro atoms. The van der Waals surface area contributed by atoms with Gasteiger partial charge in [-0.25, -0.2) is 12.8 Å². The molecule has 0 radical (unpaired) electrons. The Kier molecular flexibility index (Phi) is 5.60. The summed E-state index contributed by atoms with van der Waals surface area (Å²) in [5.41, 5.74) is 0.542. The zero-order valence-corrected chi connectivity index (χ0v) is 12.3. The molecule has 0 unspecified atom stereocenters. The van der Waals surface area contributed by atoms with E-state index in [1.54, 1.807) is 26.8 Å². The summed E-state index contributed by atoms with van der Waals surface area (Å²) in [5, 5.41) is 2.49. The molecular formula is C13H20FNO3S. The first-order valence-corrected chi connectivity index (χ1v) is 7.96. The number of sulfone groups is 1. The molecule has 0 aliphatic carbocycles. The van der Waals surface area contributed by atoms with Gasteiger partial charge in [-0.1, -0.05) is 0 Å². The second-order valence-corrected chi connectivity index (χ2v) is 7.10. The molecule has 0 aliphatic heterocycles. The molecular weight excluding hydrogens is 269 g/mol. The van der Waals surface area contributed by atoms with Crippen LogP contribution in [-0.2, 0) is 9.84 Å². The lowest BCUT2D eigenvalue weighted by atomic mass is 10.3. The molecule has 0 aromatic heterocycles. The largest absolute Gasteiger partial charge is 0.491 e. The zero-order chi connectivity index (χ0) is 14.5. The molecule has 0 heterocycles. The molecule has 0 bridgehead atoms. The summed E-state index contributed by atoms with van der Waals surface area (Å²) < 4.78 is 41.8. The van der Waals surface area contributed by atoms with E-state index in [4.69, 9.17) is 4.74 Å². The highest BCUT2D eigenvalue weighted by Gasteiger charge is 2.15. The van der Waals surface area contributed by atoms with E-state index < -0.39 is 20.9 Å². The fourth-order valence-electron chi connectivity index (χ4n) is 1.46. The lowest BCUT2D eigenvalue weighted by molar-refractivity contribution is 0.321. The molecule has 0 fully saturated rings. The minimum Gasteiger partial charge on any atom is -0.491 e. The number of hydrogen-bond donors (Lipinski definition) is 1. The highest BCUT2D eigenvalue weighted by Crippen LogP contribution is 2.21. The van der Waals surface area contributed by atoms with E-state index >= 15 is 0 Å². The smallest absolute Gasteiger partial charge is 0.167 e. The standard InChI is InChI=1S/C13H20FNO3S/c1-4-18-13-6-5-11(9-12(13)14)15-7-8-19(16,17)10(2)3/h5-6,9-10,15H,4,7-8H2,1-3H3. The highest BCUT2D eigenvalue weighted by atomic mass is 32.2. The summed E-state index contributed by atoms with van der Waals surface area (Å²) in [5.74, 6) is -0.235. The molecule has 19 heavy (non-hydrogen) atoms. The van der Waals surface area contributed by atoms with Crippen molar-refractivity contribution in [1.82, 2.24) is 0 Å². The van der Waals surface area contributed by atoms with Crippen LogP contribution < -0.4 is 10.1 Å². The van der Waals surface area contributed by atoms with E-state index in [2.05, 4.69) is 5.32 Å². The van der Waals surface area contributed by atoms with Gasteiger partial charge in [0.25, 0.3) is 0 Å². The quantitative estimate of drug-likeness (QED) is 0.837. The maximum atomic E-state index is 13.5. The van der Waals surface area contributed by atoms with Gasteiger partial charge >= 0.3 is 0 Å². The van der Waals surface area contributed by atoms with E-state index in [0.29, 0.717) is 12.3 Å². The van der Waals surface area contributed by atoms with Crippen LogP contribution in [0.4, 0.5) is 10.1 Å². The lowest BCUT2D eigenvalue weighted by Gasteiger charge is -2.11. The van der Waals surface area contributed by atoms with Crippen LogP contribution in [-0.4, -0.2) is 32.6 Å². The molecule has 1 rings (SSSR count). The van der Waals surface area contributed by atoms with Gasteiger partial charge in [-0.05, 0) is 32.9 Å². The predicted octanol–water partition coefficient (Wildman–Crippen LogP) is 2.46. The van der Waals surface area contributed by atoms with Crippen molar-refractivity contribution in [2.75, 3.05) is 24.2 Å². The Bertz CT molecular complexity index is 515. The Labute approximate surface area is 113 Å². The maximum absolute atomic E-state index is 13.5. The molecule has 6 heteroatoms. The predicted molar refractivity (Wildman–Crippen MR) is 75.0 cm³/mol. The number of halogens is 1. The number of nitrogens with one attached hydrogen (secondary N) is 1. The lowest BCUT2D eigenvalue weighted by Crippen LogP contribution is -2.22. The minimum atomic E-state index is -3.08. The number of anilines is 1. The van der Waals surface area contributed by atoms with Crippen LogP contribution in [0.15, 0.2) is 18.2 Å². The van der Waals surface area contributed by atoms with Crippen molar-refractivity contribution in [1.29, 1.82) is 0 Å². The molecule has 1 aromatic rings. The van der Waals surface area contributed by atoms with Crippen molar-refractivity contribution >= 4 is 15.5 Å². The Balaban J connectivity index is 2.57. The Morgan fingerprint density at radius 2 is 2.05 bits per heavy atom. The number of ether oxygens (including phenoxy) is 1. The maximum Gasteiger partial charge on any atom is 0.167 e. The molecule has 1 aromatic carbocycles. The first kappa shape index (κ1) is 15.8. The molecule has 0 saturated heterocycles. The van der Waals surface area contributed by atoms with Gasteiger partial charge in [0.15, 0.2) is 21.4 Å². The van der Waals surface area contributed by atoms with Crippen LogP contribution in [0.1, 0.15) is 20.8 Å². The van der Waals surface area contributed by atoms with E-state index in [-0.39, 0.29) is 18.0 Å². The first-order chi connectivity index (χ1) is 8.86. The van der Waals surface area contributed by atoms with E-state index in [1.807, 2.05) is 0 Å². The van der Waals surface area contributed by atoms with Crippen molar-refractivity contribution in [2.24, 2.45) is 0 Å². The van der Waals surface area contributed by atoms with Gasteiger partial charge in [0, 0.05) is 18.3 Å². The van der Waals surface area contributed by atoms with Gasteiger partial charge < -0.3 is 10.1 Å². The van der Waals surface area contributed by atoms with Gasteiger partial charge in [0.05, 0.1) is 17.6 Å². The van der Waals surface area contributed by atoms with E-state index in [9.17, 15) is 12.8 Å². The third-order valence-electron chi connectivity index (χ3n) is 2.67. The fraction of sp³-hybridized carbons (Fsp3) is 0.538. The van der Waals surface area contributed by atoms with Crippen LogP contribution >= 0.6 is 0 Å². The third kappa shape index (κ3) is 4.70. The van der Waals surface area contributed by atoms with Crippen molar-refractivity contribution in [3.8, 4) is 5.75 Å². The van der Waals surface area contributed by atoms with Gasteiger partial charge in [-0.2, -0.15) is 0 Å². The monoisotopic (exact) mass is 289 g/mol. The van der Waals surface area contributed by atoms with Gasteiger partial charge in [0.2, 0.25) is 0 Å². The molecule has 4 nitrogen and oxygen atoms in total. The molecule has 0 saturated carbocycles. The average molecular weight is 289 g/mol. The number of hydrogen-bond acceptors (Lipinski definition) is 4. The minimum absolute atomic E-state index is 0.0273. The van der Waals surface area contributed by atoms with Crippen molar-refractivity contribution < 1.29 is 17.5 Å². The Hall–Kier alpha value is -1.30. The summed E-state index contributed by atoms with van der Waals surface area (Å²) >= 11 is 0. The number of benzene rings is 1. The van der Waals surface area contributed by atoms with Crippen molar-refractivity contribution in [3.63, 3.8) is 0 Å². The summed E-state index contributed by atoms with van der Waals surface area (Å²) in [6, 6.07) is 4.49. The first-order valence-electron chi connectivity index (χ1n) is 6.24. The summed E-state index contributed by atoms with van der Waals surface area (Å²) in [6.45, 7) is 5.73.